The zero-order chi connectivity index (χ0) is 20.8. The Morgan fingerprint density at radius 3 is 2.17 bits per heavy atom. The summed E-state index contributed by atoms with van der Waals surface area (Å²) in [4.78, 5) is 28.2. The Balaban J connectivity index is 1.67. The van der Waals surface area contributed by atoms with Gasteiger partial charge in [-0.15, -0.1) is 11.3 Å². The van der Waals surface area contributed by atoms with E-state index >= 15 is 0 Å². The number of hydrogen-bond acceptors (Lipinski definition) is 7. The van der Waals surface area contributed by atoms with Gasteiger partial charge in [0.25, 0.3) is 0 Å². The number of methoxy groups -OCH3 is 3. The summed E-state index contributed by atoms with van der Waals surface area (Å²) >= 11 is 1.29. The van der Waals surface area contributed by atoms with Crippen molar-refractivity contribution in [3.05, 3.63) is 53.4 Å². The highest BCUT2D eigenvalue weighted by molar-refractivity contribution is 7.14. The van der Waals surface area contributed by atoms with Gasteiger partial charge in [-0.1, -0.05) is 12.1 Å². The molecule has 0 saturated carbocycles. The molecule has 0 fully saturated rings. The molecule has 3 rings (SSSR count). The lowest BCUT2D eigenvalue weighted by Gasteiger charge is -2.09. The van der Waals surface area contributed by atoms with Crippen molar-refractivity contribution in [2.75, 3.05) is 32.0 Å². The Morgan fingerprint density at radius 1 is 0.931 bits per heavy atom. The number of carbonyl (C=O) groups is 2. The first-order valence-electron chi connectivity index (χ1n) is 8.47. The fourth-order valence-corrected chi connectivity index (χ4v) is 3.21. The number of rotatable bonds is 6. The van der Waals surface area contributed by atoms with Gasteiger partial charge in [0.15, 0.2) is 5.13 Å². The van der Waals surface area contributed by atoms with Gasteiger partial charge in [0.2, 0.25) is 0 Å². The summed E-state index contributed by atoms with van der Waals surface area (Å²) in [6.45, 7) is 0. The molecule has 9 heteroatoms. The Bertz CT molecular complexity index is 995. The smallest absolute Gasteiger partial charge is 0.337 e. The molecule has 0 radical (unpaired) electrons. The molecule has 2 aromatic carbocycles. The number of urea groups is 1. The minimum absolute atomic E-state index is 0.400. The number of benzene rings is 2. The number of nitrogens with zero attached hydrogens (tertiary/aromatic N) is 1. The first-order valence-corrected chi connectivity index (χ1v) is 9.35. The quantitative estimate of drug-likeness (QED) is 0.586. The van der Waals surface area contributed by atoms with Gasteiger partial charge in [-0.2, -0.15) is 0 Å². The van der Waals surface area contributed by atoms with E-state index in [1.165, 1.54) is 32.7 Å². The van der Waals surface area contributed by atoms with Crippen LogP contribution in [-0.2, 0) is 4.74 Å². The maximum absolute atomic E-state index is 12.3. The topological polar surface area (TPSA) is 98.8 Å². The first kappa shape index (κ1) is 20.2. The van der Waals surface area contributed by atoms with Crippen LogP contribution in [0, 0.1) is 0 Å². The zero-order valence-corrected chi connectivity index (χ0v) is 16.8. The van der Waals surface area contributed by atoms with Crippen molar-refractivity contribution in [1.82, 2.24) is 4.98 Å². The summed E-state index contributed by atoms with van der Waals surface area (Å²) in [6.07, 6.45) is 0. The van der Waals surface area contributed by atoms with E-state index in [0.29, 0.717) is 33.6 Å². The summed E-state index contributed by atoms with van der Waals surface area (Å²) in [5, 5.41) is 7.67. The van der Waals surface area contributed by atoms with Crippen molar-refractivity contribution < 1.29 is 23.8 Å². The number of hydrogen-bond donors (Lipinski definition) is 2. The zero-order valence-electron chi connectivity index (χ0n) is 16.0. The summed E-state index contributed by atoms with van der Waals surface area (Å²) < 4.78 is 15.1. The second kappa shape index (κ2) is 9.07. The molecule has 0 aliphatic rings. The molecule has 0 aliphatic carbocycles. The van der Waals surface area contributed by atoms with E-state index < -0.39 is 12.0 Å². The van der Waals surface area contributed by atoms with Gasteiger partial charge in [0, 0.05) is 34.8 Å². The van der Waals surface area contributed by atoms with Crippen LogP contribution in [0.2, 0.25) is 0 Å². The number of amides is 2. The summed E-state index contributed by atoms with van der Waals surface area (Å²) in [5.74, 6) is 0.723. The van der Waals surface area contributed by atoms with E-state index in [-0.39, 0.29) is 0 Å². The van der Waals surface area contributed by atoms with E-state index in [1.807, 2.05) is 5.38 Å². The number of carbonyl (C=O) groups excluding carboxylic acids is 2. The van der Waals surface area contributed by atoms with Crippen LogP contribution in [-0.4, -0.2) is 38.3 Å². The Hall–Kier alpha value is -3.59. The number of thiazole rings is 1. The lowest BCUT2D eigenvalue weighted by Crippen LogP contribution is -2.19. The van der Waals surface area contributed by atoms with Gasteiger partial charge in [-0.25, -0.2) is 14.6 Å². The van der Waals surface area contributed by atoms with Crippen LogP contribution in [0.1, 0.15) is 10.4 Å². The van der Waals surface area contributed by atoms with E-state index in [9.17, 15) is 9.59 Å². The van der Waals surface area contributed by atoms with Crippen LogP contribution in [0.15, 0.2) is 47.8 Å². The molecule has 0 bridgehead atoms. The molecule has 8 nitrogen and oxygen atoms in total. The van der Waals surface area contributed by atoms with E-state index in [4.69, 9.17) is 9.47 Å². The van der Waals surface area contributed by atoms with Crippen LogP contribution in [0.5, 0.6) is 11.5 Å². The van der Waals surface area contributed by atoms with Crippen LogP contribution in [0.25, 0.3) is 11.3 Å². The molecular weight excluding hydrogens is 394 g/mol. The largest absolute Gasteiger partial charge is 0.497 e. The van der Waals surface area contributed by atoms with Crippen LogP contribution in [0.3, 0.4) is 0 Å². The molecular formula is C20H19N3O5S. The third-order valence-electron chi connectivity index (χ3n) is 3.94. The third-order valence-corrected chi connectivity index (χ3v) is 4.69. The Morgan fingerprint density at radius 2 is 1.59 bits per heavy atom. The van der Waals surface area contributed by atoms with E-state index in [2.05, 4.69) is 20.4 Å². The van der Waals surface area contributed by atoms with E-state index in [0.717, 1.165) is 5.56 Å². The highest BCUT2D eigenvalue weighted by Gasteiger charge is 2.11. The number of anilines is 2. The molecule has 0 spiro atoms. The Labute approximate surface area is 171 Å². The molecule has 3 aromatic rings. The van der Waals surface area contributed by atoms with Crippen molar-refractivity contribution >= 4 is 34.2 Å². The fraction of sp³-hybridized carbons (Fsp3) is 0.150. The number of ether oxygens (including phenoxy) is 3. The standard InChI is InChI=1S/C20H19N3O5S/c1-26-15-8-14(9-16(10-15)27-2)21-19(25)23-20-22-17(11-29-20)12-4-6-13(7-5-12)18(24)28-3/h4-11H,1-3H3,(H2,21,22,23,25). The second-order valence-corrected chi connectivity index (χ2v) is 6.65. The van der Waals surface area contributed by atoms with Gasteiger partial charge in [0.05, 0.1) is 32.6 Å². The minimum atomic E-state index is -0.442. The monoisotopic (exact) mass is 413 g/mol. The Kier molecular flexibility index (Phi) is 6.30. The summed E-state index contributed by atoms with van der Waals surface area (Å²) in [6, 6.07) is 11.5. The molecule has 1 aromatic heterocycles. The van der Waals surface area contributed by atoms with Crippen molar-refractivity contribution in [2.24, 2.45) is 0 Å². The average Bonchev–Trinajstić information content (AvgIpc) is 3.21. The second-order valence-electron chi connectivity index (χ2n) is 5.79. The maximum atomic E-state index is 12.3. The summed E-state index contributed by atoms with van der Waals surface area (Å²) in [7, 11) is 4.40. The van der Waals surface area contributed by atoms with Crippen molar-refractivity contribution in [2.45, 2.75) is 0 Å². The SMILES string of the molecule is COC(=O)c1ccc(-c2csc(NC(=O)Nc3cc(OC)cc(OC)c3)n2)cc1. The average molecular weight is 413 g/mol. The summed E-state index contributed by atoms with van der Waals surface area (Å²) in [5.41, 5.74) is 2.48. The van der Waals surface area contributed by atoms with Crippen LogP contribution < -0.4 is 20.1 Å². The minimum Gasteiger partial charge on any atom is -0.497 e. The molecule has 0 aliphatic heterocycles. The van der Waals surface area contributed by atoms with Gasteiger partial charge >= 0.3 is 12.0 Å². The van der Waals surface area contributed by atoms with Crippen molar-refractivity contribution in [3.8, 4) is 22.8 Å². The number of esters is 1. The number of nitrogens with one attached hydrogen (secondary N) is 2. The normalized spacial score (nSPS) is 10.2. The fourth-order valence-electron chi connectivity index (χ4n) is 2.50. The molecule has 2 N–H and O–H groups in total. The predicted molar refractivity (Wildman–Crippen MR) is 111 cm³/mol. The van der Waals surface area contributed by atoms with Gasteiger partial charge in [-0.05, 0) is 12.1 Å². The number of aromatic nitrogens is 1. The predicted octanol–water partition coefficient (Wildman–Crippen LogP) is 4.26. The first-order chi connectivity index (χ1) is 14.0. The van der Waals surface area contributed by atoms with Gasteiger partial charge in [-0.3, -0.25) is 5.32 Å². The molecule has 2 amide bonds. The van der Waals surface area contributed by atoms with Gasteiger partial charge < -0.3 is 19.5 Å². The molecule has 0 atom stereocenters. The van der Waals surface area contributed by atoms with Crippen molar-refractivity contribution in [1.29, 1.82) is 0 Å². The third kappa shape index (κ3) is 5.02. The molecule has 150 valence electrons. The highest BCUT2D eigenvalue weighted by Crippen LogP contribution is 2.27. The van der Waals surface area contributed by atoms with Crippen LogP contribution >= 0.6 is 11.3 Å². The van der Waals surface area contributed by atoms with Crippen molar-refractivity contribution in [3.63, 3.8) is 0 Å². The maximum Gasteiger partial charge on any atom is 0.337 e. The van der Waals surface area contributed by atoms with Gasteiger partial charge in [0.1, 0.15) is 11.5 Å². The van der Waals surface area contributed by atoms with E-state index in [1.54, 1.807) is 42.5 Å². The lowest BCUT2D eigenvalue weighted by atomic mass is 10.1. The molecule has 1 heterocycles. The lowest BCUT2D eigenvalue weighted by molar-refractivity contribution is 0.0600. The molecule has 29 heavy (non-hydrogen) atoms. The van der Waals surface area contributed by atoms with Crippen LogP contribution in [0.4, 0.5) is 15.6 Å². The molecule has 0 saturated heterocycles. The highest BCUT2D eigenvalue weighted by atomic mass is 32.1. The molecule has 0 unspecified atom stereocenters.